The SMILES string of the molecule is CCc1ccc(-c2nc(SCCCn3c(=O)oc4ccccc43)n[nH]2)cc1. The van der Waals surface area contributed by atoms with Crippen molar-refractivity contribution in [1.29, 1.82) is 0 Å². The van der Waals surface area contributed by atoms with Crippen molar-refractivity contribution in [1.82, 2.24) is 19.7 Å². The predicted octanol–water partition coefficient (Wildman–Crippen LogP) is 4.12. The molecule has 2 aromatic carbocycles. The molecule has 0 fully saturated rings. The van der Waals surface area contributed by atoms with Gasteiger partial charge in [0, 0.05) is 17.9 Å². The standard InChI is InChI=1S/C20H20N4O2S/c1-2-14-8-10-15(11-9-14)18-21-19(23-22-18)27-13-5-12-24-16-6-3-4-7-17(16)26-20(24)25/h3-4,6-11H,2,5,12-13H2,1H3,(H,21,22,23). The van der Waals surface area contributed by atoms with Crippen LogP contribution in [-0.2, 0) is 13.0 Å². The molecule has 0 aliphatic carbocycles. The third kappa shape index (κ3) is 3.83. The number of H-pyrrole nitrogens is 1. The smallest absolute Gasteiger partial charge is 0.408 e. The molecule has 4 rings (SSSR count). The molecular weight excluding hydrogens is 360 g/mol. The fourth-order valence-electron chi connectivity index (χ4n) is 2.95. The van der Waals surface area contributed by atoms with Crippen molar-refractivity contribution in [3.8, 4) is 11.4 Å². The van der Waals surface area contributed by atoms with Crippen LogP contribution in [0.3, 0.4) is 0 Å². The van der Waals surface area contributed by atoms with E-state index in [1.165, 1.54) is 5.56 Å². The Morgan fingerprint density at radius 2 is 1.96 bits per heavy atom. The molecule has 27 heavy (non-hydrogen) atoms. The lowest BCUT2D eigenvalue weighted by Gasteiger charge is -2.01. The van der Waals surface area contributed by atoms with E-state index in [1.54, 1.807) is 16.3 Å². The zero-order chi connectivity index (χ0) is 18.6. The molecule has 0 amide bonds. The van der Waals surface area contributed by atoms with Crippen molar-refractivity contribution in [3.05, 3.63) is 64.6 Å². The number of fused-ring (bicyclic) bond motifs is 1. The van der Waals surface area contributed by atoms with Crippen LogP contribution < -0.4 is 5.76 Å². The maximum Gasteiger partial charge on any atom is 0.419 e. The van der Waals surface area contributed by atoms with Gasteiger partial charge in [-0.15, -0.1) is 5.10 Å². The average Bonchev–Trinajstić information content (AvgIpc) is 3.29. The Bertz CT molecular complexity index is 1100. The molecule has 0 bridgehead atoms. The predicted molar refractivity (Wildman–Crippen MR) is 107 cm³/mol. The van der Waals surface area contributed by atoms with E-state index in [-0.39, 0.29) is 5.76 Å². The van der Waals surface area contributed by atoms with E-state index in [0.29, 0.717) is 17.3 Å². The number of oxazole rings is 1. The number of benzene rings is 2. The molecule has 0 atom stereocenters. The van der Waals surface area contributed by atoms with Crippen molar-refractivity contribution in [2.45, 2.75) is 31.5 Å². The molecule has 1 N–H and O–H groups in total. The fourth-order valence-corrected chi connectivity index (χ4v) is 3.67. The van der Waals surface area contributed by atoms with Gasteiger partial charge >= 0.3 is 5.76 Å². The molecule has 0 saturated heterocycles. The molecule has 2 aromatic heterocycles. The Balaban J connectivity index is 1.35. The molecule has 138 valence electrons. The van der Waals surface area contributed by atoms with Crippen molar-refractivity contribution < 1.29 is 4.42 Å². The highest BCUT2D eigenvalue weighted by atomic mass is 32.2. The van der Waals surface area contributed by atoms with Gasteiger partial charge in [-0.1, -0.05) is 55.1 Å². The number of nitrogens with one attached hydrogen (secondary N) is 1. The minimum absolute atomic E-state index is 0.308. The van der Waals surface area contributed by atoms with Gasteiger partial charge in [-0.05, 0) is 30.5 Å². The van der Waals surface area contributed by atoms with Crippen LogP contribution in [0, 0.1) is 0 Å². The highest BCUT2D eigenvalue weighted by Gasteiger charge is 2.09. The fraction of sp³-hybridized carbons (Fsp3) is 0.250. The first-order valence-electron chi connectivity index (χ1n) is 8.97. The molecule has 0 unspecified atom stereocenters. The Kier molecular flexibility index (Phi) is 5.11. The second kappa shape index (κ2) is 7.84. The lowest BCUT2D eigenvalue weighted by atomic mass is 10.1. The highest BCUT2D eigenvalue weighted by Crippen LogP contribution is 2.21. The van der Waals surface area contributed by atoms with Crippen LogP contribution in [0.4, 0.5) is 0 Å². The quantitative estimate of drug-likeness (QED) is 0.385. The summed E-state index contributed by atoms with van der Waals surface area (Å²) >= 11 is 1.58. The van der Waals surface area contributed by atoms with Gasteiger partial charge in [-0.2, -0.15) is 0 Å². The first kappa shape index (κ1) is 17.6. The molecular formula is C20H20N4O2S. The molecule has 0 aliphatic rings. The number of rotatable bonds is 7. The topological polar surface area (TPSA) is 76.7 Å². The number of aryl methyl sites for hydroxylation is 2. The molecule has 0 spiro atoms. The summed E-state index contributed by atoms with van der Waals surface area (Å²) in [4.78, 5) is 16.5. The Labute approximate surface area is 160 Å². The summed E-state index contributed by atoms with van der Waals surface area (Å²) in [6, 6.07) is 15.8. The Morgan fingerprint density at radius 3 is 2.78 bits per heavy atom. The summed E-state index contributed by atoms with van der Waals surface area (Å²) in [6.45, 7) is 2.75. The first-order chi connectivity index (χ1) is 13.2. The van der Waals surface area contributed by atoms with Crippen molar-refractivity contribution >= 4 is 22.9 Å². The van der Waals surface area contributed by atoms with Crippen LogP contribution in [0.1, 0.15) is 18.9 Å². The van der Waals surface area contributed by atoms with Crippen molar-refractivity contribution in [2.75, 3.05) is 5.75 Å². The van der Waals surface area contributed by atoms with Gasteiger partial charge in [0.05, 0.1) is 5.52 Å². The number of thioether (sulfide) groups is 1. The van der Waals surface area contributed by atoms with Crippen LogP contribution in [0.15, 0.2) is 62.9 Å². The lowest BCUT2D eigenvalue weighted by molar-refractivity contribution is 0.503. The molecule has 7 heteroatoms. The number of aromatic nitrogens is 4. The third-order valence-electron chi connectivity index (χ3n) is 4.43. The van der Waals surface area contributed by atoms with E-state index in [0.717, 1.165) is 35.5 Å². The molecule has 2 heterocycles. The van der Waals surface area contributed by atoms with Crippen LogP contribution in [-0.4, -0.2) is 25.5 Å². The zero-order valence-corrected chi connectivity index (χ0v) is 15.8. The molecule has 0 saturated carbocycles. The van der Waals surface area contributed by atoms with Gasteiger partial charge in [-0.3, -0.25) is 9.67 Å². The van der Waals surface area contributed by atoms with Gasteiger partial charge in [-0.25, -0.2) is 9.78 Å². The molecule has 0 aliphatic heterocycles. The lowest BCUT2D eigenvalue weighted by Crippen LogP contribution is -2.14. The van der Waals surface area contributed by atoms with E-state index in [1.807, 2.05) is 24.3 Å². The number of hydrogen-bond donors (Lipinski definition) is 1. The largest absolute Gasteiger partial charge is 0.419 e. The van der Waals surface area contributed by atoms with Gasteiger partial charge in [0.1, 0.15) is 0 Å². The molecule has 6 nitrogen and oxygen atoms in total. The average molecular weight is 380 g/mol. The third-order valence-corrected chi connectivity index (χ3v) is 5.37. The van der Waals surface area contributed by atoms with Crippen molar-refractivity contribution in [2.24, 2.45) is 0 Å². The highest BCUT2D eigenvalue weighted by molar-refractivity contribution is 7.99. The zero-order valence-electron chi connectivity index (χ0n) is 15.0. The summed E-state index contributed by atoms with van der Waals surface area (Å²) < 4.78 is 6.93. The number of nitrogens with zero attached hydrogens (tertiary/aromatic N) is 3. The summed E-state index contributed by atoms with van der Waals surface area (Å²) in [5.74, 6) is 1.28. The molecule has 0 radical (unpaired) electrons. The number of hydrogen-bond acceptors (Lipinski definition) is 5. The van der Waals surface area contributed by atoms with E-state index in [2.05, 4.69) is 46.4 Å². The maximum absolute atomic E-state index is 12.0. The summed E-state index contributed by atoms with van der Waals surface area (Å²) in [6.07, 6.45) is 1.84. The number of aromatic amines is 1. The minimum atomic E-state index is -0.308. The Morgan fingerprint density at radius 1 is 1.15 bits per heavy atom. The maximum atomic E-state index is 12.0. The second-order valence-corrected chi connectivity index (χ2v) is 7.27. The second-order valence-electron chi connectivity index (χ2n) is 6.21. The van der Waals surface area contributed by atoms with E-state index >= 15 is 0 Å². The summed E-state index contributed by atoms with van der Waals surface area (Å²) in [5, 5.41) is 7.99. The van der Waals surface area contributed by atoms with E-state index < -0.39 is 0 Å². The van der Waals surface area contributed by atoms with Gasteiger partial charge in [0.15, 0.2) is 11.4 Å². The molecule has 4 aromatic rings. The van der Waals surface area contributed by atoms with Crippen LogP contribution in [0.5, 0.6) is 0 Å². The minimum Gasteiger partial charge on any atom is -0.408 e. The van der Waals surface area contributed by atoms with Gasteiger partial charge < -0.3 is 4.42 Å². The van der Waals surface area contributed by atoms with Crippen LogP contribution in [0.2, 0.25) is 0 Å². The van der Waals surface area contributed by atoms with Crippen LogP contribution in [0.25, 0.3) is 22.5 Å². The summed E-state index contributed by atoms with van der Waals surface area (Å²) in [5.41, 5.74) is 3.80. The number of para-hydroxylation sites is 2. The van der Waals surface area contributed by atoms with Crippen molar-refractivity contribution in [3.63, 3.8) is 0 Å². The Hall–Kier alpha value is -2.80. The van der Waals surface area contributed by atoms with E-state index in [4.69, 9.17) is 4.42 Å². The van der Waals surface area contributed by atoms with Gasteiger partial charge in [0.25, 0.3) is 0 Å². The van der Waals surface area contributed by atoms with Crippen LogP contribution >= 0.6 is 11.8 Å². The normalized spacial score (nSPS) is 11.3. The monoisotopic (exact) mass is 380 g/mol. The van der Waals surface area contributed by atoms with E-state index in [9.17, 15) is 4.79 Å². The first-order valence-corrected chi connectivity index (χ1v) is 9.96. The van der Waals surface area contributed by atoms with Gasteiger partial charge in [0.2, 0.25) is 5.16 Å². The summed E-state index contributed by atoms with van der Waals surface area (Å²) in [7, 11) is 0.